The third-order valence-corrected chi connectivity index (χ3v) is 2.88. The van der Waals surface area contributed by atoms with E-state index < -0.39 is 23.4 Å². The van der Waals surface area contributed by atoms with Crippen molar-refractivity contribution in [3.63, 3.8) is 0 Å². The quantitative estimate of drug-likeness (QED) is 0.471. The van der Waals surface area contributed by atoms with Crippen molar-refractivity contribution < 1.29 is 28.3 Å². The van der Waals surface area contributed by atoms with Crippen molar-refractivity contribution in [3.05, 3.63) is 35.6 Å². The summed E-state index contributed by atoms with van der Waals surface area (Å²) in [5.41, 5.74) is 1.35. The maximum Gasteiger partial charge on any atom is 0.427 e. The van der Waals surface area contributed by atoms with Gasteiger partial charge >= 0.3 is 12.2 Å². The second kappa shape index (κ2) is 9.50. The van der Waals surface area contributed by atoms with E-state index in [9.17, 15) is 14.0 Å². The van der Waals surface area contributed by atoms with Crippen molar-refractivity contribution in [3.8, 4) is 0 Å². The Hall–Kier alpha value is -2.68. The molecule has 9 heteroatoms. The van der Waals surface area contributed by atoms with E-state index in [0.717, 1.165) is 0 Å². The first-order chi connectivity index (χ1) is 12.8. The van der Waals surface area contributed by atoms with Crippen LogP contribution in [0.3, 0.4) is 0 Å². The SMILES string of the molecule is CONC(=NCc1ccc(F)cc1)N(C(=O)OC(C)(C)C)C(=O)OC(C)(C)C. The Bertz CT molecular complexity index is 678. The third kappa shape index (κ3) is 8.34. The van der Waals surface area contributed by atoms with Gasteiger partial charge in [0.2, 0.25) is 5.96 Å². The fourth-order valence-electron chi connectivity index (χ4n) is 1.86. The molecule has 2 amide bonds. The third-order valence-electron chi connectivity index (χ3n) is 2.88. The number of nitrogens with zero attached hydrogens (tertiary/aromatic N) is 2. The molecule has 0 saturated carbocycles. The Balaban J connectivity index is 3.21. The first-order valence-corrected chi connectivity index (χ1v) is 8.66. The minimum absolute atomic E-state index is 0.0497. The van der Waals surface area contributed by atoms with Gasteiger partial charge in [-0.1, -0.05) is 12.1 Å². The molecular formula is C19H28FN3O5. The molecule has 1 rings (SSSR count). The van der Waals surface area contributed by atoms with E-state index in [1.165, 1.54) is 31.4 Å². The lowest BCUT2D eigenvalue weighted by Gasteiger charge is -2.28. The molecule has 0 saturated heterocycles. The number of carbonyl (C=O) groups excluding carboxylic acids is 2. The van der Waals surface area contributed by atoms with E-state index in [0.29, 0.717) is 10.5 Å². The molecule has 28 heavy (non-hydrogen) atoms. The van der Waals surface area contributed by atoms with Gasteiger partial charge in [0.15, 0.2) is 0 Å². The van der Waals surface area contributed by atoms with Crippen molar-refractivity contribution in [2.24, 2.45) is 4.99 Å². The van der Waals surface area contributed by atoms with Crippen LogP contribution in [0.2, 0.25) is 0 Å². The van der Waals surface area contributed by atoms with Crippen LogP contribution in [0.4, 0.5) is 14.0 Å². The summed E-state index contributed by atoms with van der Waals surface area (Å²) in [4.78, 5) is 34.9. The first kappa shape index (κ1) is 23.4. The van der Waals surface area contributed by atoms with E-state index in [1.54, 1.807) is 41.5 Å². The van der Waals surface area contributed by atoms with Gasteiger partial charge in [0.1, 0.15) is 17.0 Å². The molecule has 0 bridgehead atoms. The number of halogens is 1. The predicted octanol–water partition coefficient (Wildman–Crippen LogP) is 4.00. The van der Waals surface area contributed by atoms with Gasteiger partial charge in [0.05, 0.1) is 13.7 Å². The molecule has 0 spiro atoms. The molecule has 0 aliphatic rings. The average molecular weight is 397 g/mol. The van der Waals surface area contributed by atoms with E-state index >= 15 is 0 Å². The lowest BCUT2D eigenvalue weighted by Crippen LogP contribution is -2.51. The van der Waals surface area contributed by atoms with Crippen LogP contribution in [-0.4, -0.2) is 41.4 Å². The van der Waals surface area contributed by atoms with Gasteiger partial charge in [-0.3, -0.25) is 4.84 Å². The smallest absolute Gasteiger partial charge is 0.427 e. The molecule has 0 aliphatic carbocycles. The molecule has 1 aromatic carbocycles. The maximum absolute atomic E-state index is 13.1. The largest absolute Gasteiger partial charge is 0.443 e. The van der Waals surface area contributed by atoms with Gasteiger partial charge in [-0.25, -0.2) is 24.5 Å². The van der Waals surface area contributed by atoms with E-state index in [-0.39, 0.29) is 18.3 Å². The molecule has 0 aliphatic heterocycles. The summed E-state index contributed by atoms with van der Waals surface area (Å²) in [5, 5.41) is 0. The van der Waals surface area contributed by atoms with Gasteiger partial charge in [0, 0.05) is 0 Å². The molecular weight excluding hydrogens is 369 g/mol. The highest BCUT2D eigenvalue weighted by Crippen LogP contribution is 2.15. The fraction of sp³-hybridized carbons (Fsp3) is 0.526. The molecule has 0 aromatic heterocycles. The Kier molecular flexibility index (Phi) is 7.92. The molecule has 8 nitrogen and oxygen atoms in total. The van der Waals surface area contributed by atoms with E-state index in [4.69, 9.17) is 14.3 Å². The van der Waals surface area contributed by atoms with Crippen LogP contribution in [0.1, 0.15) is 47.1 Å². The van der Waals surface area contributed by atoms with Gasteiger partial charge in [-0.2, -0.15) is 0 Å². The van der Waals surface area contributed by atoms with Crippen LogP contribution in [0.25, 0.3) is 0 Å². The van der Waals surface area contributed by atoms with Crippen LogP contribution in [0.15, 0.2) is 29.3 Å². The van der Waals surface area contributed by atoms with E-state index in [2.05, 4.69) is 10.5 Å². The lowest BCUT2D eigenvalue weighted by atomic mass is 10.2. The number of imide groups is 1. The topological polar surface area (TPSA) is 89.5 Å². The van der Waals surface area contributed by atoms with Crippen LogP contribution in [-0.2, 0) is 20.9 Å². The number of aliphatic imine (C=N–C) groups is 1. The Morgan fingerprint density at radius 3 is 1.86 bits per heavy atom. The second-order valence-electron chi connectivity index (χ2n) is 7.87. The molecule has 1 aromatic rings. The number of hydrogen-bond acceptors (Lipinski definition) is 6. The van der Waals surface area contributed by atoms with Gasteiger partial charge in [-0.05, 0) is 59.2 Å². The molecule has 0 atom stereocenters. The number of nitrogens with one attached hydrogen (secondary N) is 1. The first-order valence-electron chi connectivity index (χ1n) is 8.66. The highest BCUT2D eigenvalue weighted by atomic mass is 19.1. The van der Waals surface area contributed by atoms with Gasteiger partial charge in [0.25, 0.3) is 0 Å². The molecule has 156 valence electrons. The Morgan fingerprint density at radius 2 is 1.46 bits per heavy atom. The Morgan fingerprint density at radius 1 is 1.00 bits per heavy atom. The zero-order valence-electron chi connectivity index (χ0n) is 17.3. The minimum atomic E-state index is -0.982. The summed E-state index contributed by atoms with van der Waals surface area (Å²) in [7, 11) is 1.30. The Labute approximate surface area is 164 Å². The predicted molar refractivity (Wildman–Crippen MR) is 102 cm³/mol. The summed E-state index contributed by atoms with van der Waals surface area (Å²) in [6.45, 7) is 10.0. The molecule has 0 heterocycles. The summed E-state index contributed by atoms with van der Waals surface area (Å²) in [6.07, 6.45) is -1.96. The lowest BCUT2D eigenvalue weighted by molar-refractivity contribution is 0.0111. The standard InChI is InChI=1S/C19H28FN3O5/c1-18(2,3)27-16(24)23(17(25)28-19(4,5)6)15(22-26-7)21-12-13-8-10-14(20)11-9-13/h8-11H,12H2,1-7H3,(H,21,22). The fourth-order valence-corrected chi connectivity index (χ4v) is 1.86. The highest BCUT2D eigenvalue weighted by molar-refractivity contribution is 6.07. The van der Waals surface area contributed by atoms with Crippen molar-refractivity contribution in [2.45, 2.75) is 59.3 Å². The number of hydroxylamine groups is 1. The number of ether oxygens (including phenoxy) is 2. The zero-order valence-corrected chi connectivity index (χ0v) is 17.3. The molecule has 1 N–H and O–H groups in total. The van der Waals surface area contributed by atoms with Crippen molar-refractivity contribution in [1.82, 2.24) is 10.4 Å². The highest BCUT2D eigenvalue weighted by Gasteiger charge is 2.35. The van der Waals surface area contributed by atoms with E-state index in [1.807, 2.05) is 0 Å². The summed E-state index contributed by atoms with van der Waals surface area (Å²) < 4.78 is 23.6. The summed E-state index contributed by atoms with van der Waals surface area (Å²) in [6, 6.07) is 5.64. The second-order valence-corrected chi connectivity index (χ2v) is 7.87. The number of carbonyl (C=O) groups is 2. The normalized spacial score (nSPS) is 12.4. The van der Waals surface area contributed by atoms with Gasteiger partial charge in [-0.15, -0.1) is 4.90 Å². The van der Waals surface area contributed by atoms with Crippen molar-refractivity contribution in [2.75, 3.05) is 7.11 Å². The van der Waals surface area contributed by atoms with Crippen molar-refractivity contribution in [1.29, 1.82) is 0 Å². The molecule has 0 radical (unpaired) electrons. The molecule has 0 fully saturated rings. The van der Waals surface area contributed by atoms with Crippen LogP contribution < -0.4 is 5.48 Å². The van der Waals surface area contributed by atoms with Crippen molar-refractivity contribution >= 4 is 18.1 Å². The number of rotatable bonds is 3. The number of hydrogen-bond donors (Lipinski definition) is 1. The number of guanidine groups is 1. The number of benzene rings is 1. The van der Waals surface area contributed by atoms with Crippen LogP contribution in [0.5, 0.6) is 0 Å². The average Bonchev–Trinajstić information content (AvgIpc) is 2.50. The van der Waals surface area contributed by atoms with Crippen LogP contribution in [0, 0.1) is 5.82 Å². The minimum Gasteiger partial charge on any atom is -0.443 e. The zero-order chi connectivity index (χ0) is 21.5. The van der Waals surface area contributed by atoms with Gasteiger partial charge < -0.3 is 9.47 Å². The maximum atomic E-state index is 13.1. The summed E-state index contributed by atoms with van der Waals surface area (Å²) in [5.74, 6) is -0.609. The summed E-state index contributed by atoms with van der Waals surface area (Å²) >= 11 is 0. The monoisotopic (exact) mass is 397 g/mol. The molecule has 0 unspecified atom stereocenters. The van der Waals surface area contributed by atoms with Crippen LogP contribution >= 0.6 is 0 Å². The number of amides is 2.